The number of carbonyl (C=O) groups is 2. The summed E-state index contributed by atoms with van der Waals surface area (Å²) in [6.45, 7) is 2.58. The summed E-state index contributed by atoms with van der Waals surface area (Å²) in [6, 6.07) is -1.09. The van der Waals surface area contributed by atoms with Crippen LogP contribution >= 0.6 is 0 Å². The summed E-state index contributed by atoms with van der Waals surface area (Å²) < 4.78 is 0. The van der Waals surface area contributed by atoms with Crippen LogP contribution in [-0.4, -0.2) is 76.1 Å². The number of rotatable bonds is 3. The van der Waals surface area contributed by atoms with Crippen molar-refractivity contribution < 1.29 is 14.8 Å². The number of fused-ring (bicyclic) bond motifs is 2. The quantitative estimate of drug-likeness (QED) is 0.394. The smallest absolute Gasteiger partial charge is 0.312 e. The Morgan fingerprint density at radius 2 is 2.00 bits per heavy atom. The lowest BCUT2D eigenvalue weighted by Gasteiger charge is -2.31. The summed E-state index contributed by atoms with van der Waals surface area (Å²) in [5.41, 5.74) is 0. The summed E-state index contributed by atoms with van der Waals surface area (Å²) in [4.78, 5) is 27.5. The number of amidine groups is 1. The lowest BCUT2D eigenvalue weighted by Crippen LogP contribution is -2.52. The molecule has 0 aromatic carbocycles. The van der Waals surface area contributed by atoms with Gasteiger partial charge in [-0.1, -0.05) is 6.42 Å². The van der Waals surface area contributed by atoms with E-state index in [4.69, 9.17) is 5.41 Å². The highest BCUT2D eigenvalue weighted by molar-refractivity contribution is 6.01. The Labute approximate surface area is 129 Å². The van der Waals surface area contributed by atoms with Gasteiger partial charge in [0.2, 0.25) is 5.91 Å². The summed E-state index contributed by atoms with van der Waals surface area (Å²) >= 11 is 0. The Bertz CT molecular complexity index is 477. The predicted octanol–water partition coefficient (Wildman–Crippen LogP) is 0.224. The summed E-state index contributed by atoms with van der Waals surface area (Å²) in [6.07, 6.45) is 4.68. The largest absolute Gasteiger partial charge is 0.344 e. The Kier molecular flexibility index (Phi) is 4.30. The van der Waals surface area contributed by atoms with Crippen LogP contribution in [0.25, 0.3) is 0 Å². The van der Waals surface area contributed by atoms with Crippen LogP contribution in [-0.2, 0) is 4.79 Å². The highest BCUT2D eigenvalue weighted by Crippen LogP contribution is 2.28. The van der Waals surface area contributed by atoms with E-state index in [1.54, 1.807) is 0 Å². The first-order chi connectivity index (χ1) is 10.6. The van der Waals surface area contributed by atoms with Gasteiger partial charge in [0.05, 0.1) is 18.6 Å². The van der Waals surface area contributed by atoms with Crippen LogP contribution < -0.4 is 5.32 Å². The molecule has 0 radical (unpaired) electrons. The molecule has 8 nitrogen and oxygen atoms in total. The van der Waals surface area contributed by atoms with Crippen molar-refractivity contribution in [2.24, 2.45) is 0 Å². The van der Waals surface area contributed by atoms with Gasteiger partial charge in [-0.2, -0.15) is 0 Å². The lowest BCUT2D eigenvalue weighted by atomic mass is 10.00. The number of urea groups is 1. The molecule has 3 saturated heterocycles. The second-order valence-electron chi connectivity index (χ2n) is 6.33. The number of piperidine rings is 2. The molecule has 0 saturated carbocycles. The van der Waals surface area contributed by atoms with Crippen molar-refractivity contribution in [3.8, 4) is 0 Å². The van der Waals surface area contributed by atoms with Gasteiger partial charge in [-0.25, -0.2) is 9.86 Å². The van der Waals surface area contributed by atoms with Crippen molar-refractivity contribution in [1.82, 2.24) is 20.2 Å². The van der Waals surface area contributed by atoms with Gasteiger partial charge in [0, 0.05) is 6.54 Å². The van der Waals surface area contributed by atoms with Gasteiger partial charge in [0.15, 0.2) is 0 Å². The third-order valence-corrected chi connectivity index (χ3v) is 4.77. The first-order valence-electron chi connectivity index (χ1n) is 7.95. The lowest BCUT2D eigenvalue weighted by molar-refractivity contribution is -0.121. The Morgan fingerprint density at radius 3 is 2.73 bits per heavy atom. The third-order valence-electron chi connectivity index (χ3n) is 4.77. The molecular formula is C14H23N5O3. The fourth-order valence-corrected chi connectivity index (χ4v) is 3.54. The normalized spacial score (nSPS) is 28.9. The van der Waals surface area contributed by atoms with E-state index < -0.39 is 12.1 Å². The van der Waals surface area contributed by atoms with Crippen molar-refractivity contribution >= 4 is 17.8 Å². The van der Waals surface area contributed by atoms with Crippen LogP contribution in [0.5, 0.6) is 0 Å². The maximum Gasteiger partial charge on any atom is 0.344 e. The van der Waals surface area contributed by atoms with Crippen LogP contribution in [0.2, 0.25) is 0 Å². The van der Waals surface area contributed by atoms with Crippen LogP contribution in [0.3, 0.4) is 0 Å². The number of hydrogen-bond donors (Lipinski definition) is 3. The molecule has 0 aromatic rings. The van der Waals surface area contributed by atoms with E-state index in [2.05, 4.69) is 10.2 Å². The number of amides is 3. The molecule has 0 unspecified atom stereocenters. The van der Waals surface area contributed by atoms with Gasteiger partial charge >= 0.3 is 6.03 Å². The molecule has 122 valence electrons. The molecule has 0 spiro atoms. The second-order valence-corrected chi connectivity index (χ2v) is 6.33. The van der Waals surface area contributed by atoms with E-state index in [0.717, 1.165) is 31.0 Å². The number of carbonyl (C=O) groups excluding carboxylic acids is 2. The molecule has 2 atom stereocenters. The van der Waals surface area contributed by atoms with E-state index in [1.807, 2.05) is 0 Å². The first kappa shape index (κ1) is 15.2. The molecular weight excluding hydrogens is 286 g/mol. The monoisotopic (exact) mass is 309 g/mol. The topological polar surface area (TPSA) is 100.0 Å². The van der Waals surface area contributed by atoms with E-state index in [1.165, 1.54) is 11.3 Å². The molecule has 8 heteroatoms. The van der Waals surface area contributed by atoms with Crippen molar-refractivity contribution in [2.45, 2.75) is 44.2 Å². The minimum atomic E-state index is -0.470. The SMILES string of the molecule is N=C(NC(=O)CN1CCCCC1)[C@@H]1CC[C@@H]2CN1C(=O)N2O. The summed E-state index contributed by atoms with van der Waals surface area (Å²) in [5.74, 6) is -0.134. The number of nitrogens with zero attached hydrogens (tertiary/aromatic N) is 3. The molecule has 3 amide bonds. The standard InChI is InChI=1S/C14H23N5O3/c15-13(16-12(20)9-17-6-2-1-3-7-17)11-5-4-10-8-18(11)14(21)19(10)22/h10-11,22H,1-9H2,(H2,15,16,20)/t10-,11+/m1/s1. The average Bonchev–Trinajstić information content (AvgIpc) is 2.73. The molecule has 3 N–H and O–H groups in total. The molecule has 3 aliphatic heterocycles. The predicted molar refractivity (Wildman–Crippen MR) is 78.7 cm³/mol. The van der Waals surface area contributed by atoms with Crippen LogP contribution in [0.4, 0.5) is 4.79 Å². The molecule has 22 heavy (non-hydrogen) atoms. The number of likely N-dealkylation sites (tertiary alicyclic amines) is 1. The van der Waals surface area contributed by atoms with Crippen LogP contribution in [0.1, 0.15) is 32.1 Å². The number of hydrogen-bond acceptors (Lipinski definition) is 5. The van der Waals surface area contributed by atoms with Crippen LogP contribution in [0.15, 0.2) is 0 Å². The fourth-order valence-electron chi connectivity index (χ4n) is 3.54. The van der Waals surface area contributed by atoms with Crippen molar-refractivity contribution in [2.75, 3.05) is 26.2 Å². The maximum absolute atomic E-state index is 12.1. The Balaban J connectivity index is 1.53. The summed E-state index contributed by atoms with van der Waals surface area (Å²) in [7, 11) is 0. The van der Waals surface area contributed by atoms with E-state index in [-0.39, 0.29) is 17.8 Å². The van der Waals surface area contributed by atoms with Gasteiger partial charge in [-0.05, 0) is 38.8 Å². The molecule has 0 aromatic heterocycles. The van der Waals surface area contributed by atoms with Crippen LogP contribution in [0, 0.1) is 5.41 Å². The molecule has 2 bridgehead atoms. The van der Waals surface area contributed by atoms with Crippen molar-refractivity contribution in [3.05, 3.63) is 0 Å². The van der Waals surface area contributed by atoms with Gasteiger partial charge in [-0.3, -0.25) is 20.3 Å². The second kappa shape index (κ2) is 6.21. The van der Waals surface area contributed by atoms with Gasteiger partial charge in [-0.15, -0.1) is 0 Å². The summed E-state index contributed by atoms with van der Waals surface area (Å²) in [5, 5.41) is 21.1. The van der Waals surface area contributed by atoms with Crippen molar-refractivity contribution in [3.63, 3.8) is 0 Å². The minimum absolute atomic E-state index is 0.0594. The fraction of sp³-hybridized carbons (Fsp3) is 0.786. The Morgan fingerprint density at radius 1 is 1.27 bits per heavy atom. The maximum atomic E-state index is 12.1. The third kappa shape index (κ3) is 2.93. The minimum Gasteiger partial charge on any atom is -0.312 e. The Hall–Kier alpha value is -1.67. The van der Waals surface area contributed by atoms with E-state index in [0.29, 0.717) is 25.9 Å². The zero-order chi connectivity index (χ0) is 15.7. The number of hydroxylamine groups is 2. The van der Waals surface area contributed by atoms with Gasteiger partial charge in [0.1, 0.15) is 5.84 Å². The molecule has 3 rings (SSSR count). The zero-order valence-corrected chi connectivity index (χ0v) is 12.6. The average molecular weight is 309 g/mol. The number of nitrogens with one attached hydrogen (secondary N) is 2. The highest BCUT2D eigenvalue weighted by atomic mass is 16.5. The van der Waals surface area contributed by atoms with Gasteiger partial charge in [0.25, 0.3) is 0 Å². The molecule has 3 heterocycles. The van der Waals surface area contributed by atoms with E-state index in [9.17, 15) is 14.8 Å². The zero-order valence-electron chi connectivity index (χ0n) is 12.6. The first-order valence-corrected chi connectivity index (χ1v) is 7.95. The molecule has 0 aliphatic carbocycles. The van der Waals surface area contributed by atoms with E-state index >= 15 is 0 Å². The molecule has 3 fully saturated rings. The highest BCUT2D eigenvalue weighted by Gasteiger charge is 2.45. The van der Waals surface area contributed by atoms with Gasteiger partial charge < -0.3 is 10.2 Å². The molecule has 3 aliphatic rings. The van der Waals surface area contributed by atoms with Crippen molar-refractivity contribution in [1.29, 1.82) is 5.41 Å².